The van der Waals surface area contributed by atoms with Crippen molar-refractivity contribution in [3.05, 3.63) is 83.4 Å². The first-order valence-electron chi connectivity index (χ1n) is 11.2. The summed E-state index contributed by atoms with van der Waals surface area (Å²) in [5, 5.41) is 21.6. The predicted octanol–water partition coefficient (Wildman–Crippen LogP) is 4.47. The lowest BCUT2D eigenvalue weighted by Crippen LogP contribution is -2.47. The zero-order valence-corrected chi connectivity index (χ0v) is 18.8. The maximum absolute atomic E-state index is 13.5. The molecule has 0 aliphatic carbocycles. The van der Waals surface area contributed by atoms with Gasteiger partial charge >= 0.3 is 6.29 Å². The van der Waals surface area contributed by atoms with Gasteiger partial charge in [0.1, 0.15) is 0 Å². The molecule has 3 aliphatic heterocycles. The number of amides is 1. The summed E-state index contributed by atoms with van der Waals surface area (Å²) in [6.07, 6.45) is -1.01. The average molecular weight is 455 g/mol. The Morgan fingerprint density at radius 3 is 2.65 bits per heavy atom. The second kappa shape index (κ2) is 7.50. The summed E-state index contributed by atoms with van der Waals surface area (Å²) in [6.45, 7) is 4.02. The van der Waals surface area contributed by atoms with Crippen LogP contribution in [-0.2, 0) is 15.2 Å². The standard InChI is InChI=1S/C26H23N5O3/c1-15-11-12-22(16(2)13-15)31-23(24(32)34-30-31)21-14-26(29-20-10-6-5-9-19(20)27-21)17-7-3-4-8-18(17)28-25(26)33/h3-13,23-24,29,32H,14H2,1-2H3/p+1. The molecule has 3 atom stereocenters. The van der Waals surface area contributed by atoms with Gasteiger partial charge in [0.25, 0.3) is 11.9 Å². The van der Waals surface area contributed by atoms with Crippen molar-refractivity contribution in [2.75, 3.05) is 10.6 Å². The van der Waals surface area contributed by atoms with Crippen molar-refractivity contribution in [3.8, 4) is 0 Å². The van der Waals surface area contributed by atoms with Crippen LogP contribution < -0.4 is 10.6 Å². The minimum atomic E-state index is -1.23. The van der Waals surface area contributed by atoms with Gasteiger partial charge in [-0.2, -0.15) is 0 Å². The van der Waals surface area contributed by atoms with Gasteiger partial charge in [-0.05, 0) is 42.8 Å². The van der Waals surface area contributed by atoms with E-state index in [9.17, 15) is 9.90 Å². The van der Waals surface area contributed by atoms with E-state index in [-0.39, 0.29) is 12.3 Å². The third-order valence-corrected chi connectivity index (χ3v) is 6.70. The highest BCUT2D eigenvalue weighted by Gasteiger charge is 2.54. The number of nitrogens with one attached hydrogen (secondary N) is 2. The highest BCUT2D eigenvalue weighted by molar-refractivity contribution is 6.12. The van der Waals surface area contributed by atoms with Crippen molar-refractivity contribution in [2.24, 2.45) is 10.3 Å². The van der Waals surface area contributed by atoms with Gasteiger partial charge in [-0.15, -0.1) is 0 Å². The van der Waals surface area contributed by atoms with E-state index in [4.69, 9.17) is 9.83 Å². The van der Waals surface area contributed by atoms with Crippen molar-refractivity contribution < 1.29 is 19.4 Å². The van der Waals surface area contributed by atoms with E-state index >= 15 is 0 Å². The zero-order valence-electron chi connectivity index (χ0n) is 18.8. The molecule has 170 valence electrons. The first-order chi connectivity index (χ1) is 16.5. The summed E-state index contributed by atoms with van der Waals surface area (Å²) in [6, 6.07) is 20.6. The van der Waals surface area contributed by atoms with Crippen LogP contribution in [0.15, 0.2) is 77.0 Å². The Labute approximate surface area is 196 Å². The smallest absolute Gasteiger partial charge is 0.301 e. The van der Waals surface area contributed by atoms with Crippen molar-refractivity contribution in [1.82, 2.24) is 0 Å². The molecular weight excluding hydrogens is 430 g/mol. The number of carbonyl (C=O) groups is 1. The van der Waals surface area contributed by atoms with E-state index in [1.165, 1.54) is 0 Å². The number of aryl methyl sites for hydroxylation is 2. The second-order valence-corrected chi connectivity index (χ2v) is 8.98. The average Bonchev–Trinajstić information content (AvgIpc) is 3.25. The molecule has 0 aromatic heterocycles. The lowest BCUT2D eigenvalue weighted by Gasteiger charge is -2.29. The Hall–Kier alpha value is -4.04. The van der Waals surface area contributed by atoms with E-state index in [0.29, 0.717) is 11.4 Å². The quantitative estimate of drug-likeness (QED) is 0.498. The minimum Gasteiger partial charge on any atom is -0.365 e. The Morgan fingerprint density at radius 1 is 1.06 bits per heavy atom. The molecule has 3 heterocycles. The third kappa shape index (κ3) is 3.03. The summed E-state index contributed by atoms with van der Waals surface area (Å²) in [4.78, 5) is 23.8. The van der Waals surface area contributed by atoms with Crippen molar-refractivity contribution >= 4 is 34.4 Å². The maximum Gasteiger partial charge on any atom is 0.301 e. The number of hydrogen-bond donors (Lipinski definition) is 3. The molecule has 8 nitrogen and oxygen atoms in total. The minimum absolute atomic E-state index is 0.165. The number of anilines is 2. The molecule has 3 unspecified atom stereocenters. The van der Waals surface area contributed by atoms with Gasteiger partial charge in [-0.3, -0.25) is 4.79 Å². The van der Waals surface area contributed by atoms with Crippen LogP contribution in [0.5, 0.6) is 0 Å². The number of benzene rings is 3. The fraction of sp³-hybridized carbons (Fsp3) is 0.231. The molecule has 34 heavy (non-hydrogen) atoms. The molecule has 0 fully saturated rings. The summed E-state index contributed by atoms with van der Waals surface area (Å²) < 4.78 is 1.67. The monoisotopic (exact) mass is 454 g/mol. The number of fused-ring (bicyclic) bond motifs is 3. The van der Waals surface area contributed by atoms with Gasteiger partial charge < -0.3 is 20.6 Å². The summed E-state index contributed by atoms with van der Waals surface area (Å²) in [5.41, 5.74) is 5.48. The van der Waals surface area contributed by atoms with Crippen LogP contribution in [0, 0.1) is 13.8 Å². The molecule has 0 radical (unpaired) electrons. The normalized spacial score (nSPS) is 24.9. The highest BCUT2D eigenvalue weighted by atomic mass is 16.7. The largest absolute Gasteiger partial charge is 0.365 e. The maximum atomic E-state index is 13.5. The fourth-order valence-electron chi connectivity index (χ4n) is 5.09. The molecule has 8 heteroatoms. The number of aliphatic hydroxyl groups is 1. The Balaban J connectivity index is 1.52. The van der Waals surface area contributed by atoms with E-state index in [1.54, 1.807) is 4.70 Å². The van der Waals surface area contributed by atoms with Gasteiger partial charge in [-0.1, -0.05) is 42.0 Å². The number of nitrogens with zero attached hydrogens (tertiary/aromatic N) is 3. The lowest BCUT2D eigenvalue weighted by molar-refractivity contribution is -0.530. The molecule has 3 N–H and O–H groups in total. The SMILES string of the molecule is Cc1ccc([N+]2=NOC(O)C2C2=Nc3ccccc3NC3(C2)C(=O)Nc2ccccc23)c(C)c1. The lowest BCUT2D eigenvalue weighted by atomic mass is 9.84. The third-order valence-electron chi connectivity index (χ3n) is 6.70. The molecule has 0 bridgehead atoms. The number of carbonyl (C=O) groups excluding carboxylic acids is 1. The molecule has 0 saturated heterocycles. The van der Waals surface area contributed by atoms with Crippen LogP contribution >= 0.6 is 0 Å². The topological polar surface area (TPSA) is 98.3 Å². The highest BCUT2D eigenvalue weighted by Crippen LogP contribution is 2.46. The first-order valence-corrected chi connectivity index (χ1v) is 11.2. The van der Waals surface area contributed by atoms with Crippen molar-refractivity contribution in [1.29, 1.82) is 0 Å². The molecule has 0 saturated carbocycles. The van der Waals surface area contributed by atoms with E-state index in [1.807, 2.05) is 74.5 Å². The molecule has 1 spiro atoms. The fourth-order valence-corrected chi connectivity index (χ4v) is 5.09. The second-order valence-electron chi connectivity index (χ2n) is 8.98. The number of para-hydroxylation sites is 3. The predicted molar refractivity (Wildman–Crippen MR) is 128 cm³/mol. The Morgan fingerprint density at radius 2 is 1.82 bits per heavy atom. The van der Waals surface area contributed by atoms with Gasteiger partial charge in [-0.25, -0.2) is 4.99 Å². The summed E-state index contributed by atoms with van der Waals surface area (Å²) in [7, 11) is 0. The molecule has 3 aromatic rings. The van der Waals surface area contributed by atoms with Crippen LogP contribution in [0.2, 0.25) is 0 Å². The Kier molecular flexibility index (Phi) is 4.53. The van der Waals surface area contributed by atoms with Gasteiger partial charge in [0.2, 0.25) is 5.69 Å². The van der Waals surface area contributed by atoms with Crippen LogP contribution in [-0.4, -0.2) is 33.8 Å². The van der Waals surface area contributed by atoms with E-state index < -0.39 is 17.9 Å². The summed E-state index contributed by atoms with van der Waals surface area (Å²) in [5.74, 6) is -0.165. The van der Waals surface area contributed by atoms with Gasteiger partial charge in [0.15, 0.2) is 10.8 Å². The molecule has 3 aromatic carbocycles. The van der Waals surface area contributed by atoms with Crippen molar-refractivity contribution in [3.63, 3.8) is 0 Å². The van der Waals surface area contributed by atoms with Crippen LogP contribution in [0.1, 0.15) is 23.1 Å². The van der Waals surface area contributed by atoms with Gasteiger partial charge in [0, 0.05) is 29.3 Å². The summed E-state index contributed by atoms with van der Waals surface area (Å²) >= 11 is 0. The molecule has 6 rings (SSSR count). The number of hydrogen-bond acceptors (Lipinski definition) is 6. The molecule has 1 amide bonds. The van der Waals surface area contributed by atoms with Crippen LogP contribution in [0.4, 0.5) is 22.7 Å². The first kappa shape index (κ1) is 20.6. The molecule has 3 aliphatic rings. The van der Waals surface area contributed by atoms with Crippen molar-refractivity contribution in [2.45, 2.75) is 38.1 Å². The zero-order chi connectivity index (χ0) is 23.4. The Bertz CT molecular complexity index is 1400. The van der Waals surface area contributed by atoms with Crippen LogP contribution in [0.3, 0.4) is 0 Å². The van der Waals surface area contributed by atoms with Crippen LogP contribution in [0.25, 0.3) is 0 Å². The molecular formula is C26H24N5O3+. The number of aliphatic hydroxyl groups excluding tert-OH is 1. The van der Waals surface area contributed by atoms with E-state index in [2.05, 4.69) is 22.0 Å². The van der Waals surface area contributed by atoms with Gasteiger partial charge in [0.05, 0.1) is 17.1 Å². The number of aliphatic imine (C=N–C) groups is 1. The number of rotatable bonds is 2. The van der Waals surface area contributed by atoms with E-state index in [0.717, 1.165) is 33.8 Å².